The third-order valence-corrected chi connectivity index (χ3v) is 5.13. The fraction of sp³-hybridized carbons (Fsp3) is 0.526. The van der Waals surface area contributed by atoms with Gasteiger partial charge in [-0.05, 0) is 25.3 Å². The lowest BCUT2D eigenvalue weighted by Crippen LogP contribution is -2.50. The first-order valence-electron chi connectivity index (χ1n) is 9.67. The molecule has 2 atom stereocenters. The van der Waals surface area contributed by atoms with Crippen LogP contribution in [0.2, 0.25) is 0 Å². The minimum Gasteiger partial charge on any atom is -0.465 e. The molecule has 2 fully saturated rings. The molecule has 29 heavy (non-hydrogen) atoms. The van der Waals surface area contributed by atoms with E-state index < -0.39 is 18.0 Å². The van der Waals surface area contributed by atoms with Gasteiger partial charge in [0, 0.05) is 19.6 Å². The number of piperidine rings is 1. The number of hydrogen-bond donors (Lipinski definition) is 2. The normalized spacial score (nSPS) is 20.7. The number of likely N-dealkylation sites (N-methyl/N-ethyl adjacent to an activating group) is 1. The number of nitrogens with one attached hydrogen (secondary N) is 1. The second-order valence-corrected chi connectivity index (χ2v) is 6.94. The van der Waals surface area contributed by atoms with Crippen LogP contribution in [0.3, 0.4) is 0 Å². The van der Waals surface area contributed by atoms with Crippen LogP contribution in [0.5, 0.6) is 0 Å². The van der Waals surface area contributed by atoms with E-state index in [1.807, 2.05) is 30.3 Å². The van der Waals surface area contributed by atoms with Gasteiger partial charge in [0.2, 0.25) is 0 Å². The number of fused-ring (bicyclic) bond motifs is 2. The first-order chi connectivity index (χ1) is 14.0. The molecule has 158 valence electrons. The van der Waals surface area contributed by atoms with E-state index in [2.05, 4.69) is 5.48 Å². The summed E-state index contributed by atoms with van der Waals surface area (Å²) >= 11 is 0. The Balaban J connectivity index is 1.47. The fourth-order valence-corrected chi connectivity index (χ4v) is 3.52. The lowest BCUT2D eigenvalue weighted by Gasteiger charge is -2.29. The molecule has 0 aromatic heterocycles. The van der Waals surface area contributed by atoms with Crippen LogP contribution in [-0.4, -0.2) is 76.3 Å². The number of urea groups is 1. The van der Waals surface area contributed by atoms with Gasteiger partial charge in [0.25, 0.3) is 5.91 Å². The van der Waals surface area contributed by atoms with Crippen molar-refractivity contribution < 1.29 is 29.2 Å². The highest BCUT2D eigenvalue weighted by Crippen LogP contribution is 2.30. The van der Waals surface area contributed by atoms with Gasteiger partial charge in [-0.15, -0.1) is 0 Å². The van der Waals surface area contributed by atoms with E-state index in [9.17, 15) is 14.4 Å². The maximum atomic E-state index is 12.7. The predicted octanol–water partition coefficient (Wildman–Crippen LogP) is 1.43. The molecule has 2 aliphatic heterocycles. The highest BCUT2D eigenvalue weighted by molar-refractivity contribution is 5.88. The maximum Gasteiger partial charge on any atom is 0.407 e. The Morgan fingerprint density at radius 3 is 2.72 bits per heavy atom. The van der Waals surface area contributed by atoms with Crippen molar-refractivity contribution in [2.24, 2.45) is 0 Å². The van der Waals surface area contributed by atoms with Crippen LogP contribution < -0.4 is 5.48 Å². The molecular weight excluding hydrogens is 380 g/mol. The Hall–Kier alpha value is -2.85. The fourth-order valence-electron chi connectivity index (χ4n) is 3.52. The predicted molar refractivity (Wildman–Crippen MR) is 101 cm³/mol. The molecular formula is C19H26N4O6. The SMILES string of the molecule is CCN(CCONC(=O)[C@@H]1CC[C@@H]2CN1C(=O)N2OCc1ccccc1)C(=O)O. The number of amides is 4. The van der Waals surface area contributed by atoms with Gasteiger partial charge in [-0.3, -0.25) is 14.5 Å². The van der Waals surface area contributed by atoms with Crippen molar-refractivity contribution in [3.05, 3.63) is 35.9 Å². The highest BCUT2D eigenvalue weighted by atomic mass is 16.7. The van der Waals surface area contributed by atoms with Crippen LogP contribution in [0, 0.1) is 0 Å². The number of carbonyl (C=O) groups excluding carboxylic acids is 2. The molecule has 2 saturated heterocycles. The monoisotopic (exact) mass is 406 g/mol. The van der Waals surface area contributed by atoms with Crippen molar-refractivity contribution in [3.8, 4) is 0 Å². The van der Waals surface area contributed by atoms with Gasteiger partial charge in [-0.25, -0.2) is 15.1 Å². The van der Waals surface area contributed by atoms with Crippen molar-refractivity contribution in [2.75, 3.05) is 26.2 Å². The molecule has 1 aromatic rings. The molecule has 2 aliphatic rings. The van der Waals surface area contributed by atoms with E-state index >= 15 is 0 Å². The summed E-state index contributed by atoms with van der Waals surface area (Å²) in [4.78, 5) is 49.6. The van der Waals surface area contributed by atoms with Crippen LogP contribution in [0.15, 0.2) is 30.3 Å². The van der Waals surface area contributed by atoms with Crippen molar-refractivity contribution in [3.63, 3.8) is 0 Å². The molecule has 0 radical (unpaired) electrons. The van der Waals surface area contributed by atoms with Gasteiger partial charge >= 0.3 is 12.1 Å². The molecule has 0 aliphatic carbocycles. The average molecular weight is 406 g/mol. The number of carboxylic acid groups (broad SMARTS) is 1. The lowest BCUT2D eigenvalue weighted by atomic mass is 10.0. The summed E-state index contributed by atoms with van der Waals surface area (Å²) in [6, 6.07) is 8.53. The van der Waals surface area contributed by atoms with Crippen LogP contribution in [0.1, 0.15) is 25.3 Å². The van der Waals surface area contributed by atoms with Crippen molar-refractivity contribution in [2.45, 2.75) is 38.5 Å². The van der Waals surface area contributed by atoms with Crippen LogP contribution >= 0.6 is 0 Å². The number of hydroxylamine groups is 3. The summed E-state index contributed by atoms with van der Waals surface area (Å²) in [5, 5.41) is 10.3. The van der Waals surface area contributed by atoms with Crippen molar-refractivity contribution in [1.29, 1.82) is 0 Å². The Bertz CT molecular complexity index is 731. The minimum atomic E-state index is -1.04. The molecule has 3 rings (SSSR count). The second-order valence-electron chi connectivity index (χ2n) is 6.94. The van der Waals surface area contributed by atoms with Gasteiger partial charge in [0.15, 0.2) is 0 Å². The van der Waals surface area contributed by atoms with Crippen LogP contribution in [0.25, 0.3) is 0 Å². The van der Waals surface area contributed by atoms with Gasteiger partial charge < -0.3 is 14.9 Å². The molecule has 0 saturated carbocycles. The van der Waals surface area contributed by atoms with Crippen molar-refractivity contribution >= 4 is 18.0 Å². The Labute approximate surface area is 168 Å². The van der Waals surface area contributed by atoms with E-state index in [1.54, 1.807) is 6.92 Å². The van der Waals surface area contributed by atoms with Crippen LogP contribution in [0.4, 0.5) is 9.59 Å². The zero-order chi connectivity index (χ0) is 20.8. The van der Waals surface area contributed by atoms with Crippen molar-refractivity contribution in [1.82, 2.24) is 20.3 Å². The minimum absolute atomic E-state index is 0.0292. The second kappa shape index (κ2) is 9.57. The largest absolute Gasteiger partial charge is 0.465 e. The van der Waals surface area contributed by atoms with E-state index in [1.165, 1.54) is 14.9 Å². The zero-order valence-electron chi connectivity index (χ0n) is 16.3. The summed E-state index contributed by atoms with van der Waals surface area (Å²) in [6.07, 6.45) is 0.115. The summed E-state index contributed by atoms with van der Waals surface area (Å²) in [5.41, 5.74) is 3.30. The van der Waals surface area contributed by atoms with E-state index in [0.717, 1.165) is 5.56 Å². The lowest BCUT2D eigenvalue weighted by molar-refractivity contribution is -0.141. The standard InChI is InChI=1S/C19H26N4O6/c1-2-21(19(26)27)10-11-28-20-17(24)16-9-8-15-12-22(16)18(25)23(15)29-13-14-6-4-3-5-7-14/h3-7,15-16H,2,8-13H2,1H3,(H,20,24)(H,26,27)/t15-,16+/m1/s1. The molecule has 0 unspecified atom stereocenters. The quantitative estimate of drug-likeness (QED) is 0.474. The highest BCUT2D eigenvalue weighted by Gasteiger charge is 2.48. The summed E-state index contributed by atoms with van der Waals surface area (Å²) in [7, 11) is 0. The smallest absolute Gasteiger partial charge is 0.407 e. The molecule has 10 nitrogen and oxygen atoms in total. The topological polar surface area (TPSA) is 112 Å². The Morgan fingerprint density at radius 2 is 2.03 bits per heavy atom. The number of benzene rings is 1. The molecule has 2 heterocycles. The summed E-state index contributed by atoms with van der Waals surface area (Å²) in [6.45, 7) is 2.93. The number of rotatable bonds is 9. The maximum absolute atomic E-state index is 12.7. The van der Waals surface area contributed by atoms with Gasteiger partial charge in [0.1, 0.15) is 12.6 Å². The molecule has 1 aromatic carbocycles. The van der Waals surface area contributed by atoms with E-state index in [4.69, 9.17) is 14.8 Å². The van der Waals surface area contributed by atoms with Gasteiger partial charge in [-0.1, -0.05) is 30.3 Å². The molecule has 4 amide bonds. The first-order valence-corrected chi connectivity index (χ1v) is 9.67. The third-order valence-electron chi connectivity index (χ3n) is 5.13. The molecule has 0 spiro atoms. The van der Waals surface area contributed by atoms with E-state index in [0.29, 0.717) is 25.9 Å². The summed E-state index contributed by atoms with van der Waals surface area (Å²) < 4.78 is 0. The number of hydrogen-bond acceptors (Lipinski definition) is 5. The number of nitrogens with zero attached hydrogens (tertiary/aromatic N) is 3. The first kappa shape index (κ1) is 20.9. The Kier molecular flexibility index (Phi) is 6.89. The van der Waals surface area contributed by atoms with Crippen LogP contribution in [-0.2, 0) is 21.1 Å². The molecule has 2 bridgehead atoms. The molecule has 2 N–H and O–H groups in total. The molecule has 10 heteroatoms. The third kappa shape index (κ3) is 4.96. The zero-order valence-corrected chi connectivity index (χ0v) is 16.3. The average Bonchev–Trinajstić information content (AvgIpc) is 2.96. The Morgan fingerprint density at radius 1 is 1.28 bits per heavy atom. The summed E-state index contributed by atoms with van der Waals surface area (Å²) in [5.74, 6) is -0.417. The van der Waals surface area contributed by atoms with Gasteiger partial charge in [-0.2, -0.15) is 5.06 Å². The van der Waals surface area contributed by atoms with Gasteiger partial charge in [0.05, 0.1) is 12.6 Å². The number of carbonyl (C=O) groups is 3. The van der Waals surface area contributed by atoms with E-state index in [-0.39, 0.29) is 31.8 Å².